The van der Waals surface area contributed by atoms with Gasteiger partial charge in [0.25, 0.3) is 5.91 Å². The van der Waals surface area contributed by atoms with Crippen molar-refractivity contribution < 1.29 is 14.3 Å². The Morgan fingerprint density at radius 3 is 2.70 bits per heavy atom. The van der Waals surface area contributed by atoms with Gasteiger partial charge in [-0.05, 0) is 42.8 Å². The van der Waals surface area contributed by atoms with Crippen molar-refractivity contribution in [3.05, 3.63) is 65.2 Å². The highest BCUT2D eigenvalue weighted by molar-refractivity contribution is 6.31. The molecule has 0 aliphatic heterocycles. The Morgan fingerprint density at radius 1 is 1.26 bits per heavy atom. The van der Waals surface area contributed by atoms with E-state index in [4.69, 9.17) is 21.1 Å². The number of carbonyl (C=O) groups excluding carboxylic acids is 1. The largest absolute Gasteiger partial charge is 0.493 e. The zero-order valence-corrected chi connectivity index (χ0v) is 13.8. The summed E-state index contributed by atoms with van der Waals surface area (Å²) >= 11 is 6.06. The average Bonchev–Trinajstić information content (AvgIpc) is 2.56. The molecule has 0 aliphatic carbocycles. The fourth-order valence-corrected chi connectivity index (χ4v) is 2.13. The van der Waals surface area contributed by atoms with Crippen LogP contribution in [0.15, 0.2) is 49.1 Å². The molecule has 0 unspecified atom stereocenters. The van der Waals surface area contributed by atoms with Crippen LogP contribution in [0.2, 0.25) is 5.02 Å². The van der Waals surface area contributed by atoms with E-state index in [-0.39, 0.29) is 5.91 Å². The Morgan fingerprint density at radius 2 is 2.04 bits per heavy atom. The lowest BCUT2D eigenvalue weighted by Gasteiger charge is -2.11. The Hall–Kier alpha value is -2.46. The fourth-order valence-electron chi connectivity index (χ4n) is 1.95. The molecule has 2 aromatic rings. The average molecular weight is 332 g/mol. The Bertz CT molecular complexity index is 728. The van der Waals surface area contributed by atoms with Gasteiger partial charge in [-0.25, -0.2) is 0 Å². The topological polar surface area (TPSA) is 47.6 Å². The second-order valence-electron chi connectivity index (χ2n) is 4.88. The van der Waals surface area contributed by atoms with Gasteiger partial charge in [-0.3, -0.25) is 4.79 Å². The predicted molar refractivity (Wildman–Crippen MR) is 92.8 cm³/mol. The van der Waals surface area contributed by atoms with Gasteiger partial charge in [0.1, 0.15) is 6.61 Å². The summed E-state index contributed by atoms with van der Waals surface area (Å²) in [6.07, 6.45) is 1.64. The van der Waals surface area contributed by atoms with E-state index in [0.717, 1.165) is 5.56 Å². The summed E-state index contributed by atoms with van der Waals surface area (Å²) in [5.74, 6) is 0.794. The number of hydrogen-bond donors (Lipinski definition) is 1. The quantitative estimate of drug-likeness (QED) is 0.794. The first-order valence-electron chi connectivity index (χ1n) is 7.04. The molecule has 120 valence electrons. The Kier molecular flexibility index (Phi) is 5.66. The molecule has 0 bridgehead atoms. The van der Waals surface area contributed by atoms with Crippen molar-refractivity contribution in [2.75, 3.05) is 19.0 Å². The van der Waals surface area contributed by atoms with E-state index in [0.29, 0.717) is 34.4 Å². The maximum absolute atomic E-state index is 12.3. The number of aryl methyl sites for hydroxylation is 1. The van der Waals surface area contributed by atoms with Gasteiger partial charge in [-0.2, -0.15) is 0 Å². The van der Waals surface area contributed by atoms with Gasteiger partial charge < -0.3 is 14.8 Å². The summed E-state index contributed by atoms with van der Waals surface area (Å²) in [5.41, 5.74) is 2.05. The minimum absolute atomic E-state index is 0.251. The highest BCUT2D eigenvalue weighted by Crippen LogP contribution is 2.28. The van der Waals surface area contributed by atoms with Crippen LogP contribution in [0.5, 0.6) is 11.5 Å². The summed E-state index contributed by atoms with van der Waals surface area (Å²) in [6.45, 7) is 5.86. The molecule has 4 nitrogen and oxygen atoms in total. The summed E-state index contributed by atoms with van der Waals surface area (Å²) in [7, 11) is 1.53. The van der Waals surface area contributed by atoms with Crippen LogP contribution in [0.4, 0.5) is 5.69 Å². The van der Waals surface area contributed by atoms with Crippen LogP contribution in [0.25, 0.3) is 0 Å². The van der Waals surface area contributed by atoms with Crippen LogP contribution in [-0.4, -0.2) is 19.6 Å². The lowest BCUT2D eigenvalue weighted by atomic mass is 10.1. The van der Waals surface area contributed by atoms with E-state index in [2.05, 4.69) is 11.9 Å². The van der Waals surface area contributed by atoms with Crippen molar-refractivity contribution >= 4 is 23.2 Å². The number of hydrogen-bond acceptors (Lipinski definition) is 3. The number of amides is 1. The van der Waals surface area contributed by atoms with E-state index in [1.165, 1.54) is 7.11 Å². The van der Waals surface area contributed by atoms with Crippen LogP contribution in [-0.2, 0) is 0 Å². The molecule has 23 heavy (non-hydrogen) atoms. The summed E-state index contributed by atoms with van der Waals surface area (Å²) in [4.78, 5) is 12.3. The van der Waals surface area contributed by atoms with Crippen LogP contribution in [0.3, 0.4) is 0 Å². The number of nitrogens with one attached hydrogen (secondary N) is 1. The zero-order valence-electron chi connectivity index (χ0n) is 13.1. The number of ether oxygens (including phenoxy) is 2. The molecular weight excluding hydrogens is 314 g/mol. The van der Waals surface area contributed by atoms with Crippen LogP contribution >= 0.6 is 11.6 Å². The molecule has 1 amide bonds. The third kappa shape index (κ3) is 4.27. The minimum Gasteiger partial charge on any atom is -0.493 e. The molecule has 0 fully saturated rings. The number of benzene rings is 2. The maximum Gasteiger partial charge on any atom is 0.255 e. The zero-order chi connectivity index (χ0) is 16.8. The predicted octanol–water partition coefficient (Wildman–Crippen LogP) is 4.47. The highest BCUT2D eigenvalue weighted by Gasteiger charge is 2.12. The monoisotopic (exact) mass is 331 g/mol. The van der Waals surface area contributed by atoms with Crippen molar-refractivity contribution in [2.24, 2.45) is 0 Å². The van der Waals surface area contributed by atoms with Gasteiger partial charge in [0, 0.05) is 16.3 Å². The molecule has 2 aromatic carbocycles. The van der Waals surface area contributed by atoms with Gasteiger partial charge in [-0.1, -0.05) is 30.3 Å². The number of anilines is 1. The second kappa shape index (κ2) is 7.70. The summed E-state index contributed by atoms with van der Waals surface area (Å²) in [6, 6.07) is 10.4. The number of carbonyl (C=O) groups is 1. The molecule has 0 atom stereocenters. The molecule has 0 radical (unpaired) electrons. The number of rotatable bonds is 6. The third-order valence-corrected chi connectivity index (χ3v) is 3.62. The summed E-state index contributed by atoms with van der Waals surface area (Å²) < 4.78 is 10.7. The molecular formula is C18H18ClNO3. The van der Waals surface area contributed by atoms with E-state index in [9.17, 15) is 4.79 Å². The maximum atomic E-state index is 12.3. The normalized spacial score (nSPS) is 10.0. The molecule has 0 aromatic heterocycles. The first kappa shape index (κ1) is 16.9. The van der Waals surface area contributed by atoms with Crippen LogP contribution in [0, 0.1) is 6.92 Å². The first-order chi connectivity index (χ1) is 11.0. The SMILES string of the molecule is C=CCOc1ccc(C(=O)Nc2ccc(C)c(Cl)c2)cc1OC. The highest BCUT2D eigenvalue weighted by atomic mass is 35.5. The lowest BCUT2D eigenvalue weighted by Crippen LogP contribution is -2.12. The van der Waals surface area contributed by atoms with Gasteiger partial charge in [0.2, 0.25) is 0 Å². The van der Waals surface area contributed by atoms with Crippen LogP contribution in [0.1, 0.15) is 15.9 Å². The molecule has 0 saturated carbocycles. The van der Waals surface area contributed by atoms with Crippen molar-refractivity contribution in [1.82, 2.24) is 0 Å². The Labute approximate surface area is 140 Å². The first-order valence-corrected chi connectivity index (χ1v) is 7.42. The van der Waals surface area contributed by atoms with Gasteiger partial charge in [0.05, 0.1) is 7.11 Å². The third-order valence-electron chi connectivity index (χ3n) is 3.21. The fraction of sp³-hybridized carbons (Fsp3) is 0.167. The van der Waals surface area contributed by atoms with E-state index >= 15 is 0 Å². The Balaban J connectivity index is 2.18. The number of halogens is 1. The van der Waals surface area contributed by atoms with E-state index in [1.807, 2.05) is 13.0 Å². The summed E-state index contributed by atoms with van der Waals surface area (Å²) in [5, 5.41) is 3.41. The molecule has 0 heterocycles. The lowest BCUT2D eigenvalue weighted by molar-refractivity contribution is 0.102. The van der Waals surface area contributed by atoms with Gasteiger partial charge >= 0.3 is 0 Å². The van der Waals surface area contributed by atoms with E-state index in [1.54, 1.807) is 36.4 Å². The number of methoxy groups -OCH3 is 1. The smallest absolute Gasteiger partial charge is 0.255 e. The molecule has 0 aliphatic rings. The van der Waals surface area contributed by atoms with Gasteiger partial charge in [0.15, 0.2) is 11.5 Å². The van der Waals surface area contributed by atoms with Crippen molar-refractivity contribution in [3.8, 4) is 11.5 Å². The second-order valence-corrected chi connectivity index (χ2v) is 5.29. The molecule has 0 spiro atoms. The van der Waals surface area contributed by atoms with Crippen molar-refractivity contribution in [1.29, 1.82) is 0 Å². The van der Waals surface area contributed by atoms with Crippen LogP contribution < -0.4 is 14.8 Å². The standard InChI is InChI=1S/C18H18ClNO3/c1-4-9-23-16-8-6-13(10-17(16)22-3)18(21)20-14-7-5-12(2)15(19)11-14/h4-8,10-11H,1,9H2,2-3H3,(H,20,21). The molecule has 1 N–H and O–H groups in total. The molecule has 5 heteroatoms. The van der Waals surface area contributed by atoms with E-state index < -0.39 is 0 Å². The molecule has 2 rings (SSSR count). The van der Waals surface area contributed by atoms with Crippen molar-refractivity contribution in [2.45, 2.75) is 6.92 Å². The van der Waals surface area contributed by atoms with Gasteiger partial charge in [-0.15, -0.1) is 0 Å². The molecule has 0 saturated heterocycles. The van der Waals surface area contributed by atoms with Crippen molar-refractivity contribution in [3.63, 3.8) is 0 Å². The minimum atomic E-state index is -0.251.